The lowest BCUT2D eigenvalue weighted by Crippen LogP contribution is -2.53. The van der Waals surface area contributed by atoms with Crippen molar-refractivity contribution in [1.82, 2.24) is 14.8 Å². The van der Waals surface area contributed by atoms with E-state index in [4.69, 9.17) is 9.15 Å². The SMILES string of the molecule is Cc1nc(CN2CCCC[C@H]2[C@@H]2CCCN2C(=O)OC(C)(C)C)oc1C. The van der Waals surface area contributed by atoms with E-state index in [2.05, 4.69) is 9.88 Å². The van der Waals surface area contributed by atoms with Gasteiger partial charge in [-0.3, -0.25) is 4.90 Å². The van der Waals surface area contributed by atoms with Crippen LogP contribution < -0.4 is 0 Å². The third-order valence-electron chi connectivity index (χ3n) is 5.45. The third kappa shape index (κ3) is 4.40. The zero-order valence-corrected chi connectivity index (χ0v) is 16.9. The number of hydrogen-bond donors (Lipinski definition) is 0. The first-order valence-electron chi connectivity index (χ1n) is 9.91. The van der Waals surface area contributed by atoms with Crippen LogP contribution >= 0.6 is 0 Å². The number of rotatable bonds is 3. The van der Waals surface area contributed by atoms with E-state index >= 15 is 0 Å². The maximum absolute atomic E-state index is 12.7. The molecular weight excluding hydrogens is 330 g/mol. The zero-order chi connectivity index (χ0) is 18.9. The number of aromatic nitrogens is 1. The molecule has 0 saturated carbocycles. The Morgan fingerprint density at radius 1 is 1.15 bits per heavy atom. The lowest BCUT2D eigenvalue weighted by Gasteiger charge is -2.41. The summed E-state index contributed by atoms with van der Waals surface area (Å²) >= 11 is 0. The number of likely N-dealkylation sites (tertiary alicyclic amines) is 2. The van der Waals surface area contributed by atoms with Gasteiger partial charge in [0, 0.05) is 12.6 Å². The van der Waals surface area contributed by atoms with E-state index in [1.165, 1.54) is 12.8 Å². The molecule has 2 aliphatic rings. The molecule has 2 aliphatic heterocycles. The fourth-order valence-corrected chi connectivity index (χ4v) is 4.17. The highest BCUT2D eigenvalue weighted by atomic mass is 16.6. The second kappa shape index (κ2) is 7.59. The van der Waals surface area contributed by atoms with Crippen molar-refractivity contribution in [2.45, 2.75) is 91.0 Å². The van der Waals surface area contributed by atoms with Gasteiger partial charge in [0.1, 0.15) is 11.4 Å². The fourth-order valence-electron chi connectivity index (χ4n) is 4.17. The van der Waals surface area contributed by atoms with Gasteiger partial charge in [0.05, 0.1) is 18.3 Å². The minimum atomic E-state index is -0.455. The Kier molecular flexibility index (Phi) is 5.61. The normalized spacial score (nSPS) is 24.9. The van der Waals surface area contributed by atoms with Crippen molar-refractivity contribution in [3.8, 4) is 0 Å². The third-order valence-corrected chi connectivity index (χ3v) is 5.45. The molecule has 0 spiro atoms. The van der Waals surface area contributed by atoms with Gasteiger partial charge in [-0.05, 0) is 66.8 Å². The summed E-state index contributed by atoms with van der Waals surface area (Å²) in [6.07, 6.45) is 5.43. The predicted octanol–water partition coefficient (Wildman–Crippen LogP) is 4.05. The van der Waals surface area contributed by atoms with Crippen LogP contribution in [0.1, 0.15) is 70.2 Å². The average Bonchev–Trinajstić information content (AvgIpc) is 3.14. The summed E-state index contributed by atoms with van der Waals surface area (Å²) in [4.78, 5) is 21.7. The molecule has 0 aromatic carbocycles. The van der Waals surface area contributed by atoms with Gasteiger partial charge in [0.15, 0.2) is 0 Å². The van der Waals surface area contributed by atoms with Gasteiger partial charge >= 0.3 is 6.09 Å². The van der Waals surface area contributed by atoms with Gasteiger partial charge in [-0.2, -0.15) is 0 Å². The Hall–Kier alpha value is -1.56. The number of nitrogens with zero attached hydrogens (tertiary/aromatic N) is 3. The molecule has 0 aliphatic carbocycles. The maximum Gasteiger partial charge on any atom is 0.410 e. The molecule has 3 heterocycles. The minimum absolute atomic E-state index is 0.173. The molecule has 2 atom stereocenters. The summed E-state index contributed by atoms with van der Waals surface area (Å²) in [5.41, 5.74) is 0.508. The standard InChI is InChI=1S/C20H33N3O3/c1-14-15(2)25-18(21-14)13-22-11-7-6-9-16(22)17-10-8-12-23(17)19(24)26-20(3,4)5/h16-17H,6-13H2,1-5H3/t16-,17-/m0/s1. The quantitative estimate of drug-likeness (QED) is 0.811. The number of amides is 1. The molecule has 6 heteroatoms. The summed E-state index contributed by atoms with van der Waals surface area (Å²) in [5, 5.41) is 0. The predicted molar refractivity (Wildman–Crippen MR) is 100.0 cm³/mol. The van der Waals surface area contributed by atoms with Crippen LogP contribution in [0, 0.1) is 13.8 Å². The summed E-state index contributed by atoms with van der Waals surface area (Å²) in [6, 6.07) is 0.577. The van der Waals surface area contributed by atoms with Crippen LogP contribution in [-0.2, 0) is 11.3 Å². The Labute approximate surface area is 156 Å². The van der Waals surface area contributed by atoms with Crippen LogP contribution in [0.15, 0.2) is 4.42 Å². The van der Waals surface area contributed by atoms with Crippen molar-refractivity contribution >= 4 is 6.09 Å². The largest absolute Gasteiger partial charge is 0.444 e. The lowest BCUT2D eigenvalue weighted by atomic mass is 9.94. The number of aryl methyl sites for hydroxylation is 2. The summed E-state index contributed by atoms with van der Waals surface area (Å²) in [7, 11) is 0. The first-order valence-corrected chi connectivity index (χ1v) is 9.91. The van der Waals surface area contributed by atoms with E-state index in [1.54, 1.807) is 0 Å². The lowest BCUT2D eigenvalue weighted by molar-refractivity contribution is 0.00536. The van der Waals surface area contributed by atoms with E-state index in [0.717, 1.165) is 56.2 Å². The molecule has 0 radical (unpaired) electrons. The number of ether oxygens (including phenoxy) is 1. The van der Waals surface area contributed by atoms with Gasteiger partial charge in [0.2, 0.25) is 5.89 Å². The molecule has 0 bridgehead atoms. The van der Waals surface area contributed by atoms with E-state index in [0.29, 0.717) is 6.04 Å². The topological polar surface area (TPSA) is 58.8 Å². The highest BCUT2D eigenvalue weighted by molar-refractivity contribution is 5.69. The Morgan fingerprint density at radius 3 is 2.54 bits per heavy atom. The molecule has 0 unspecified atom stereocenters. The molecule has 3 rings (SSSR count). The molecule has 0 N–H and O–H groups in total. The molecule has 1 aromatic heterocycles. The molecule has 1 aromatic rings. The smallest absolute Gasteiger partial charge is 0.410 e. The van der Waals surface area contributed by atoms with Crippen LogP contribution in [0.5, 0.6) is 0 Å². The average molecular weight is 364 g/mol. The van der Waals surface area contributed by atoms with Gasteiger partial charge in [0.25, 0.3) is 0 Å². The van der Waals surface area contributed by atoms with Crippen molar-refractivity contribution in [3.63, 3.8) is 0 Å². The van der Waals surface area contributed by atoms with Crippen molar-refractivity contribution in [2.75, 3.05) is 13.1 Å². The van der Waals surface area contributed by atoms with E-state index < -0.39 is 5.60 Å². The summed E-state index contributed by atoms with van der Waals surface area (Å²) in [6.45, 7) is 12.3. The Bertz CT molecular complexity index is 615. The van der Waals surface area contributed by atoms with Crippen molar-refractivity contribution in [3.05, 3.63) is 17.3 Å². The van der Waals surface area contributed by atoms with Crippen LogP contribution in [0.3, 0.4) is 0 Å². The van der Waals surface area contributed by atoms with Crippen LogP contribution in [0.4, 0.5) is 4.79 Å². The molecule has 2 fully saturated rings. The highest BCUT2D eigenvalue weighted by Gasteiger charge is 2.40. The first kappa shape index (κ1) is 19.2. The number of hydrogen-bond acceptors (Lipinski definition) is 5. The van der Waals surface area contributed by atoms with Gasteiger partial charge < -0.3 is 14.1 Å². The molecule has 2 saturated heterocycles. The minimum Gasteiger partial charge on any atom is -0.444 e. The number of piperidine rings is 1. The first-order chi connectivity index (χ1) is 12.2. The molecule has 26 heavy (non-hydrogen) atoms. The molecular formula is C20H33N3O3. The second-order valence-electron chi connectivity index (χ2n) is 8.67. The fraction of sp³-hybridized carbons (Fsp3) is 0.800. The molecule has 6 nitrogen and oxygen atoms in total. The van der Waals surface area contributed by atoms with Gasteiger partial charge in [-0.1, -0.05) is 6.42 Å². The monoisotopic (exact) mass is 363 g/mol. The van der Waals surface area contributed by atoms with Crippen LogP contribution in [0.2, 0.25) is 0 Å². The van der Waals surface area contributed by atoms with E-state index in [-0.39, 0.29) is 12.1 Å². The van der Waals surface area contributed by atoms with Crippen molar-refractivity contribution in [1.29, 1.82) is 0 Å². The zero-order valence-electron chi connectivity index (χ0n) is 16.9. The maximum atomic E-state index is 12.7. The summed E-state index contributed by atoms with van der Waals surface area (Å²) < 4.78 is 11.5. The van der Waals surface area contributed by atoms with Crippen LogP contribution in [-0.4, -0.2) is 51.7 Å². The molecule has 1 amide bonds. The van der Waals surface area contributed by atoms with Gasteiger partial charge in [-0.15, -0.1) is 0 Å². The van der Waals surface area contributed by atoms with Crippen molar-refractivity contribution in [2.24, 2.45) is 0 Å². The number of oxazole rings is 1. The van der Waals surface area contributed by atoms with Gasteiger partial charge in [-0.25, -0.2) is 9.78 Å². The number of carbonyl (C=O) groups excluding carboxylic acids is 1. The highest BCUT2D eigenvalue weighted by Crippen LogP contribution is 2.31. The Morgan fingerprint density at radius 2 is 1.88 bits per heavy atom. The second-order valence-corrected chi connectivity index (χ2v) is 8.67. The Balaban J connectivity index is 1.72. The number of carbonyl (C=O) groups is 1. The van der Waals surface area contributed by atoms with Crippen LogP contribution in [0.25, 0.3) is 0 Å². The van der Waals surface area contributed by atoms with Crippen molar-refractivity contribution < 1.29 is 13.9 Å². The molecule has 146 valence electrons. The van der Waals surface area contributed by atoms with E-state index in [9.17, 15) is 4.79 Å². The van der Waals surface area contributed by atoms with E-state index in [1.807, 2.05) is 39.5 Å². The summed E-state index contributed by atoms with van der Waals surface area (Å²) in [5.74, 6) is 1.68.